The third kappa shape index (κ3) is 3.84. The van der Waals surface area contributed by atoms with E-state index in [9.17, 15) is 0 Å². The maximum absolute atomic E-state index is 6.19. The molecular formula is C19H19ClN4. The van der Waals surface area contributed by atoms with E-state index in [1.807, 2.05) is 48.5 Å². The molecule has 1 aromatic heterocycles. The van der Waals surface area contributed by atoms with Crippen molar-refractivity contribution in [1.29, 1.82) is 0 Å². The van der Waals surface area contributed by atoms with Gasteiger partial charge in [0, 0.05) is 30.0 Å². The van der Waals surface area contributed by atoms with Crippen molar-refractivity contribution in [1.82, 2.24) is 9.97 Å². The quantitative estimate of drug-likeness (QED) is 0.694. The Morgan fingerprint density at radius 2 is 1.75 bits per heavy atom. The first-order valence-electron chi connectivity index (χ1n) is 7.91. The van der Waals surface area contributed by atoms with Gasteiger partial charge < -0.3 is 10.2 Å². The number of nitrogens with one attached hydrogen (secondary N) is 1. The molecule has 0 aliphatic carbocycles. The topological polar surface area (TPSA) is 41.1 Å². The van der Waals surface area contributed by atoms with Gasteiger partial charge in [0.25, 0.3) is 0 Å². The molecule has 1 heterocycles. The SMILES string of the molecule is CCN(c1ccccc1)c1nccc(NCc2ccccc2Cl)n1. The second kappa shape index (κ2) is 7.79. The molecule has 0 unspecified atom stereocenters. The lowest BCUT2D eigenvalue weighted by molar-refractivity contribution is 0.942. The molecular weight excluding hydrogens is 320 g/mol. The highest BCUT2D eigenvalue weighted by Crippen LogP contribution is 2.22. The summed E-state index contributed by atoms with van der Waals surface area (Å²) in [5, 5.41) is 4.06. The molecule has 122 valence electrons. The summed E-state index contributed by atoms with van der Waals surface area (Å²) in [4.78, 5) is 11.1. The smallest absolute Gasteiger partial charge is 0.231 e. The van der Waals surface area contributed by atoms with Crippen LogP contribution in [0.25, 0.3) is 0 Å². The molecule has 0 radical (unpaired) electrons. The number of rotatable bonds is 6. The zero-order valence-electron chi connectivity index (χ0n) is 13.5. The number of benzene rings is 2. The molecule has 5 heteroatoms. The van der Waals surface area contributed by atoms with Gasteiger partial charge in [0.1, 0.15) is 5.82 Å². The van der Waals surface area contributed by atoms with Gasteiger partial charge in [-0.25, -0.2) is 4.98 Å². The van der Waals surface area contributed by atoms with Crippen LogP contribution in [0.4, 0.5) is 17.5 Å². The summed E-state index contributed by atoms with van der Waals surface area (Å²) in [6, 6.07) is 19.8. The Labute approximate surface area is 147 Å². The summed E-state index contributed by atoms with van der Waals surface area (Å²) in [6.07, 6.45) is 1.77. The van der Waals surface area contributed by atoms with Gasteiger partial charge in [-0.1, -0.05) is 48.0 Å². The van der Waals surface area contributed by atoms with E-state index in [2.05, 4.69) is 39.2 Å². The van der Waals surface area contributed by atoms with E-state index in [0.717, 1.165) is 28.6 Å². The number of para-hydroxylation sites is 1. The second-order valence-electron chi connectivity index (χ2n) is 5.27. The molecule has 0 atom stereocenters. The van der Waals surface area contributed by atoms with Gasteiger partial charge >= 0.3 is 0 Å². The lowest BCUT2D eigenvalue weighted by atomic mass is 10.2. The van der Waals surface area contributed by atoms with Crippen LogP contribution in [0.15, 0.2) is 66.9 Å². The lowest BCUT2D eigenvalue weighted by Crippen LogP contribution is -2.19. The standard InChI is InChI=1S/C19H19ClN4/c1-2-24(16-9-4-3-5-10-16)19-21-13-12-18(23-19)22-14-15-8-6-7-11-17(15)20/h3-13H,2,14H2,1H3,(H,21,22,23). The Balaban J connectivity index is 1.77. The monoisotopic (exact) mass is 338 g/mol. The highest BCUT2D eigenvalue weighted by molar-refractivity contribution is 6.31. The summed E-state index contributed by atoms with van der Waals surface area (Å²) < 4.78 is 0. The molecule has 2 aromatic carbocycles. The van der Waals surface area contributed by atoms with Gasteiger partial charge in [-0.05, 0) is 36.8 Å². The van der Waals surface area contributed by atoms with Crippen LogP contribution in [-0.2, 0) is 6.54 Å². The summed E-state index contributed by atoms with van der Waals surface area (Å²) in [5.74, 6) is 1.45. The molecule has 1 N–H and O–H groups in total. The van der Waals surface area contributed by atoms with E-state index in [0.29, 0.717) is 12.5 Å². The van der Waals surface area contributed by atoms with Crippen LogP contribution in [0.1, 0.15) is 12.5 Å². The van der Waals surface area contributed by atoms with Crippen LogP contribution in [0.5, 0.6) is 0 Å². The zero-order chi connectivity index (χ0) is 16.8. The zero-order valence-corrected chi connectivity index (χ0v) is 14.2. The van der Waals surface area contributed by atoms with Crippen LogP contribution in [0.3, 0.4) is 0 Å². The fraction of sp³-hybridized carbons (Fsp3) is 0.158. The molecule has 0 saturated heterocycles. The predicted molar refractivity (Wildman–Crippen MR) is 99.9 cm³/mol. The van der Waals surface area contributed by atoms with Crippen molar-refractivity contribution >= 4 is 29.1 Å². The molecule has 0 bridgehead atoms. The number of hydrogen-bond donors (Lipinski definition) is 1. The highest BCUT2D eigenvalue weighted by atomic mass is 35.5. The van der Waals surface area contributed by atoms with Gasteiger partial charge in [0.15, 0.2) is 0 Å². The second-order valence-corrected chi connectivity index (χ2v) is 5.67. The van der Waals surface area contributed by atoms with E-state index >= 15 is 0 Å². The highest BCUT2D eigenvalue weighted by Gasteiger charge is 2.10. The minimum atomic E-state index is 0.619. The third-order valence-electron chi connectivity index (χ3n) is 3.69. The van der Waals surface area contributed by atoms with Crippen LogP contribution < -0.4 is 10.2 Å². The maximum Gasteiger partial charge on any atom is 0.231 e. The Bertz CT molecular complexity index is 792. The number of hydrogen-bond acceptors (Lipinski definition) is 4. The fourth-order valence-corrected chi connectivity index (χ4v) is 2.65. The van der Waals surface area contributed by atoms with Crippen molar-refractivity contribution in [2.24, 2.45) is 0 Å². The molecule has 0 saturated carbocycles. The Morgan fingerprint density at radius 3 is 2.50 bits per heavy atom. The van der Waals surface area contributed by atoms with Crippen molar-refractivity contribution in [3.8, 4) is 0 Å². The number of nitrogens with zero attached hydrogens (tertiary/aromatic N) is 3. The van der Waals surface area contributed by atoms with Crippen LogP contribution in [0, 0.1) is 0 Å². The number of aromatic nitrogens is 2. The first-order valence-corrected chi connectivity index (χ1v) is 8.28. The van der Waals surface area contributed by atoms with Gasteiger partial charge in [-0.15, -0.1) is 0 Å². The largest absolute Gasteiger partial charge is 0.366 e. The summed E-state index contributed by atoms with van der Waals surface area (Å²) in [7, 11) is 0. The van der Waals surface area contributed by atoms with E-state index in [1.165, 1.54) is 0 Å². The summed E-state index contributed by atoms with van der Waals surface area (Å²) in [6.45, 7) is 3.49. The molecule has 0 aliphatic rings. The van der Waals surface area contributed by atoms with E-state index in [4.69, 9.17) is 11.6 Å². The van der Waals surface area contributed by atoms with Crippen molar-refractivity contribution in [2.45, 2.75) is 13.5 Å². The molecule has 0 aliphatic heterocycles. The van der Waals surface area contributed by atoms with Crippen LogP contribution >= 0.6 is 11.6 Å². The summed E-state index contributed by atoms with van der Waals surface area (Å²) in [5.41, 5.74) is 2.11. The van der Waals surface area contributed by atoms with Crippen molar-refractivity contribution in [3.05, 3.63) is 77.4 Å². The normalized spacial score (nSPS) is 10.4. The Kier molecular flexibility index (Phi) is 5.29. The van der Waals surface area contributed by atoms with E-state index in [1.54, 1.807) is 6.20 Å². The molecule has 0 fully saturated rings. The maximum atomic E-state index is 6.19. The van der Waals surface area contributed by atoms with Gasteiger partial charge in [0.2, 0.25) is 5.95 Å². The Hall–Kier alpha value is -2.59. The molecule has 0 amide bonds. The van der Waals surface area contributed by atoms with Crippen LogP contribution in [-0.4, -0.2) is 16.5 Å². The van der Waals surface area contributed by atoms with Crippen LogP contribution in [0.2, 0.25) is 5.02 Å². The molecule has 24 heavy (non-hydrogen) atoms. The predicted octanol–water partition coefficient (Wildman–Crippen LogP) is 4.90. The van der Waals surface area contributed by atoms with Gasteiger partial charge in [0.05, 0.1) is 0 Å². The summed E-state index contributed by atoms with van der Waals surface area (Å²) >= 11 is 6.19. The third-order valence-corrected chi connectivity index (χ3v) is 4.05. The average Bonchev–Trinajstić information content (AvgIpc) is 2.63. The fourth-order valence-electron chi connectivity index (χ4n) is 2.45. The molecule has 3 aromatic rings. The first kappa shape index (κ1) is 16.3. The van der Waals surface area contributed by atoms with Gasteiger partial charge in [-0.2, -0.15) is 4.98 Å². The Morgan fingerprint density at radius 1 is 1.00 bits per heavy atom. The average molecular weight is 339 g/mol. The van der Waals surface area contributed by atoms with E-state index in [-0.39, 0.29) is 0 Å². The van der Waals surface area contributed by atoms with E-state index < -0.39 is 0 Å². The van der Waals surface area contributed by atoms with Crippen molar-refractivity contribution < 1.29 is 0 Å². The number of anilines is 3. The van der Waals surface area contributed by atoms with Crippen molar-refractivity contribution in [3.63, 3.8) is 0 Å². The molecule has 3 rings (SSSR count). The van der Waals surface area contributed by atoms with Crippen molar-refractivity contribution in [2.75, 3.05) is 16.8 Å². The molecule has 0 spiro atoms. The first-order chi connectivity index (χ1) is 11.8. The minimum absolute atomic E-state index is 0.619. The lowest BCUT2D eigenvalue weighted by Gasteiger charge is -2.21. The molecule has 4 nitrogen and oxygen atoms in total. The number of halogens is 1. The minimum Gasteiger partial charge on any atom is -0.366 e. The van der Waals surface area contributed by atoms with Gasteiger partial charge in [-0.3, -0.25) is 0 Å².